The fourth-order valence-corrected chi connectivity index (χ4v) is 6.71. The molecule has 3 aromatic rings. The summed E-state index contributed by atoms with van der Waals surface area (Å²) in [6.07, 6.45) is 8.90. The first-order chi connectivity index (χ1) is 21.0. The average Bonchev–Trinajstić information content (AvgIpc) is 3.46. The van der Waals surface area contributed by atoms with Crippen LogP contribution in [0.4, 0.5) is 0 Å². The molecular weight excluding hydrogens is 542 g/mol. The Balaban J connectivity index is 1.17. The molecule has 4 heterocycles. The molecule has 1 aromatic heterocycles. The number of fused-ring (bicyclic) bond motifs is 2. The topological polar surface area (TPSA) is 116 Å². The van der Waals surface area contributed by atoms with Crippen LogP contribution in [0.1, 0.15) is 49.9 Å². The molecule has 3 N–H and O–H groups in total. The smallest absolute Gasteiger partial charge is 0.243 e. The van der Waals surface area contributed by atoms with Gasteiger partial charge in [-0.2, -0.15) is 0 Å². The van der Waals surface area contributed by atoms with Crippen LogP contribution in [-0.4, -0.2) is 71.0 Å². The molecule has 226 valence electrons. The number of H-pyrrole nitrogens is 1. The molecule has 2 saturated heterocycles. The Morgan fingerprint density at radius 1 is 1.00 bits per heavy atom. The summed E-state index contributed by atoms with van der Waals surface area (Å²) in [5.41, 5.74) is 2.29. The number of allylic oxidation sites excluding steroid dienone is 2. The minimum Gasteiger partial charge on any atom is -0.381 e. The van der Waals surface area contributed by atoms with E-state index in [0.717, 1.165) is 28.8 Å². The number of carbonyl (C=O) groups excluding carboxylic acids is 3. The second-order valence-corrected chi connectivity index (χ2v) is 12.2. The van der Waals surface area contributed by atoms with Crippen molar-refractivity contribution in [2.45, 2.75) is 63.5 Å². The number of ether oxygens (including phenoxy) is 1. The van der Waals surface area contributed by atoms with E-state index in [1.807, 2.05) is 59.5 Å². The summed E-state index contributed by atoms with van der Waals surface area (Å²) in [7, 11) is 0. The second kappa shape index (κ2) is 13.1. The standard InChI is InChI=1S/C34H41N5O4/c40-31(14-13-30-35-27-11-4-5-12-28(27)36-30)39-19-15-26-25(23-39)10-6-7-16-34(17-20-43-21-18-34)33(42)38-29(32(41)37-26)22-24-8-2-1-3-9-24/h1-9,11-12,25-26,29H,10,13-23H2,(H,35,36)(H,37,41)(H,38,42)/b7-6+/t25-,26+,29-/m1/s1. The lowest BCUT2D eigenvalue weighted by Gasteiger charge is -2.40. The molecule has 3 aliphatic rings. The first-order valence-electron chi connectivity index (χ1n) is 15.6. The van der Waals surface area contributed by atoms with E-state index in [-0.39, 0.29) is 29.7 Å². The maximum atomic E-state index is 13.8. The molecule has 9 heteroatoms. The molecule has 3 amide bonds. The van der Waals surface area contributed by atoms with Gasteiger partial charge in [-0.15, -0.1) is 0 Å². The molecule has 0 aliphatic carbocycles. The van der Waals surface area contributed by atoms with Crippen LogP contribution in [-0.2, 0) is 32.0 Å². The number of nitrogens with one attached hydrogen (secondary N) is 3. The highest BCUT2D eigenvalue weighted by atomic mass is 16.5. The van der Waals surface area contributed by atoms with Crippen LogP contribution in [0.2, 0.25) is 0 Å². The minimum atomic E-state index is -0.679. The molecule has 1 spiro atoms. The van der Waals surface area contributed by atoms with E-state index >= 15 is 0 Å². The summed E-state index contributed by atoms with van der Waals surface area (Å²) in [6.45, 7) is 2.24. The quantitative estimate of drug-likeness (QED) is 0.396. The third kappa shape index (κ3) is 6.82. The predicted molar refractivity (Wildman–Crippen MR) is 164 cm³/mol. The summed E-state index contributed by atoms with van der Waals surface area (Å²) in [5.74, 6) is 0.777. The molecule has 9 nitrogen and oxygen atoms in total. The lowest BCUT2D eigenvalue weighted by Crippen LogP contribution is -2.58. The van der Waals surface area contributed by atoms with Gasteiger partial charge in [0.1, 0.15) is 11.9 Å². The number of aromatic nitrogens is 2. The highest BCUT2D eigenvalue weighted by Crippen LogP contribution is 2.36. The van der Waals surface area contributed by atoms with Crippen LogP contribution < -0.4 is 10.6 Å². The lowest BCUT2D eigenvalue weighted by molar-refractivity contribution is -0.140. The predicted octanol–water partition coefficient (Wildman–Crippen LogP) is 3.70. The third-order valence-electron chi connectivity index (χ3n) is 9.38. The van der Waals surface area contributed by atoms with Crippen molar-refractivity contribution < 1.29 is 19.1 Å². The van der Waals surface area contributed by atoms with Crippen LogP contribution >= 0.6 is 0 Å². The highest BCUT2D eigenvalue weighted by molar-refractivity contribution is 5.90. The fraction of sp³-hybridized carbons (Fsp3) is 0.471. The Bertz CT molecular complexity index is 1430. The number of likely N-dealkylation sites (tertiary alicyclic amines) is 1. The van der Waals surface area contributed by atoms with Gasteiger partial charge in [-0.3, -0.25) is 14.4 Å². The Hall–Kier alpha value is -3.98. The van der Waals surface area contributed by atoms with Crippen LogP contribution in [0.15, 0.2) is 66.7 Å². The summed E-state index contributed by atoms with van der Waals surface area (Å²) >= 11 is 0. The molecule has 0 bridgehead atoms. The number of aromatic amines is 1. The molecule has 0 unspecified atom stereocenters. The number of hydrogen-bond donors (Lipinski definition) is 3. The van der Waals surface area contributed by atoms with Gasteiger partial charge in [0, 0.05) is 57.5 Å². The van der Waals surface area contributed by atoms with E-state index in [1.54, 1.807) is 0 Å². The number of para-hydroxylation sites is 2. The molecule has 6 rings (SSSR count). The number of nitrogens with zero attached hydrogens (tertiary/aromatic N) is 2. The van der Waals surface area contributed by atoms with Crippen LogP contribution in [0, 0.1) is 11.3 Å². The van der Waals surface area contributed by atoms with Crippen molar-refractivity contribution in [1.82, 2.24) is 25.5 Å². The number of imidazole rings is 1. The Morgan fingerprint density at radius 2 is 1.79 bits per heavy atom. The van der Waals surface area contributed by atoms with Crippen molar-refractivity contribution in [3.63, 3.8) is 0 Å². The van der Waals surface area contributed by atoms with Gasteiger partial charge in [-0.05, 0) is 49.8 Å². The highest BCUT2D eigenvalue weighted by Gasteiger charge is 2.41. The molecule has 0 saturated carbocycles. The van der Waals surface area contributed by atoms with Crippen molar-refractivity contribution in [1.29, 1.82) is 0 Å². The molecule has 3 atom stereocenters. The van der Waals surface area contributed by atoms with Gasteiger partial charge in [0.15, 0.2) is 0 Å². The third-order valence-corrected chi connectivity index (χ3v) is 9.38. The van der Waals surface area contributed by atoms with E-state index in [0.29, 0.717) is 71.2 Å². The summed E-state index contributed by atoms with van der Waals surface area (Å²) < 4.78 is 5.60. The van der Waals surface area contributed by atoms with Crippen molar-refractivity contribution in [2.75, 3.05) is 26.3 Å². The van der Waals surface area contributed by atoms with Gasteiger partial charge in [-0.25, -0.2) is 4.98 Å². The fourth-order valence-electron chi connectivity index (χ4n) is 6.71. The number of amides is 3. The first-order valence-corrected chi connectivity index (χ1v) is 15.6. The largest absolute Gasteiger partial charge is 0.381 e. The molecule has 0 radical (unpaired) electrons. The van der Waals surface area contributed by atoms with E-state index in [9.17, 15) is 14.4 Å². The van der Waals surface area contributed by atoms with Crippen molar-refractivity contribution in [2.24, 2.45) is 11.3 Å². The summed E-state index contributed by atoms with van der Waals surface area (Å²) in [4.78, 5) is 50.7. The normalized spacial score (nSPS) is 25.2. The van der Waals surface area contributed by atoms with Gasteiger partial charge >= 0.3 is 0 Å². The van der Waals surface area contributed by atoms with E-state index < -0.39 is 11.5 Å². The summed E-state index contributed by atoms with van der Waals surface area (Å²) in [6, 6.07) is 16.9. The van der Waals surface area contributed by atoms with Gasteiger partial charge in [-0.1, -0.05) is 54.6 Å². The van der Waals surface area contributed by atoms with Crippen molar-refractivity contribution >= 4 is 28.8 Å². The maximum absolute atomic E-state index is 13.8. The molecular formula is C34H41N5O4. The number of carbonyl (C=O) groups is 3. The van der Waals surface area contributed by atoms with E-state index in [4.69, 9.17) is 4.74 Å². The van der Waals surface area contributed by atoms with Crippen molar-refractivity contribution in [3.05, 3.63) is 78.1 Å². The van der Waals surface area contributed by atoms with E-state index in [2.05, 4.69) is 32.8 Å². The second-order valence-electron chi connectivity index (χ2n) is 12.2. The van der Waals surface area contributed by atoms with Crippen LogP contribution in [0.25, 0.3) is 11.0 Å². The zero-order chi connectivity index (χ0) is 29.6. The van der Waals surface area contributed by atoms with E-state index in [1.165, 1.54) is 0 Å². The van der Waals surface area contributed by atoms with Crippen molar-refractivity contribution in [3.8, 4) is 0 Å². The first kappa shape index (κ1) is 29.1. The van der Waals surface area contributed by atoms with Gasteiger partial charge < -0.3 is 25.3 Å². The van der Waals surface area contributed by atoms with Gasteiger partial charge in [0.2, 0.25) is 17.7 Å². The van der Waals surface area contributed by atoms with Crippen LogP contribution in [0.5, 0.6) is 0 Å². The molecule has 2 aromatic carbocycles. The monoisotopic (exact) mass is 583 g/mol. The zero-order valence-electron chi connectivity index (χ0n) is 24.6. The number of piperidine rings is 1. The number of aryl methyl sites for hydroxylation is 1. The zero-order valence-corrected chi connectivity index (χ0v) is 24.6. The SMILES string of the molecule is O=C1N[C@H]2CCN(C(=O)CCc3nc4ccccc4[nH]3)C[C@H]2C/C=C/CC2(CCOCC2)C(=O)N[C@@H]1Cc1ccccc1. The number of hydrogen-bond acceptors (Lipinski definition) is 5. The van der Waals surface area contributed by atoms with Gasteiger partial charge in [0.05, 0.1) is 16.4 Å². The summed E-state index contributed by atoms with van der Waals surface area (Å²) in [5, 5.41) is 6.43. The molecule has 3 aliphatic heterocycles. The Morgan fingerprint density at radius 3 is 2.60 bits per heavy atom. The molecule has 2 fully saturated rings. The maximum Gasteiger partial charge on any atom is 0.243 e. The number of rotatable bonds is 5. The lowest BCUT2D eigenvalue weighted by atomic mass is 9.75. The number of benzene rings is 2. The van der Waals surface area contributed by atoms with Gasteiger partial charge in [0.25, 0.3) is 0 Å². The Kier molecular flexibility index (Phi) is 8.88. The average molecular weight is 584 g/mol. The minimum absolute atomic E-state index is 0.0708. The van der Waals surface area contributed by atoms with Crippen LogP contribution in [0.3, 0.4) is 0 Å². The molecule has 43 heavy (non-hydrogen) atoms. The Labute approximate surface area is 252 Å².